The second-order valence-corrected chi connectivity index (χ2v) is 4.65. The molecule has 0 saturated heterocycles. The van der Waals surface area contributed by atoms with E-state index in [0.29, 0.717) is 11.1 Å². The number of aromatic hydroxyl groups is 1. The van der Waals surface area contributed by atoms with Crippen LogP contribution < -0.4 is 4.74 Å². The Morgan fingerprint density at radius 1 is 1.40 bits per heavy atom. The third-order valence-corrected chi connectivity index (χ3v) is 2.98. The summed E-state index contributed by atoms with van der Waals surface area (Å²) in [5.74, 6) is -1.86. The van der Waals surface area contributed by atoms with Crippen LogP contribution in [0.15, 0.2) is 30.4 Å². The van der Waals surface area contributed by atoms with Gasteiger partial charge in [-0.3, -0.25) is 9.59 Å². The number of carbonyl (C=O) groups excluding carboxylic acids is 1. The molecule has 0 saturated carbocycles. The monoisotopic (exact) mass is 278 g/mol. The van der Waals surface area contributed by atoms with Gasteiger partial charge in [-0.2, -0.15) is 0 Å². The zero-order valence-electron chi connectivity index (χ0n) is 11.5. The van der Waals surface area contributed by atoms with Crippen LogP contribution in [0.25, 0.3) is 0 Å². The average molecular weight is 278 g/mol. The number of carboxylic acid groups (broad SMARTS) is 1. The highest BCUT2D eigenvalue weighted by molar-refractivity contribution is 5.96. The van der Waals surface area contributed by atoms with Gasteiger partial charge in [0.15, 0.2) is 17.3 Å². The molecule has 0 heterocycles. The van der Waals surface area contributed by atoms with Crippen molar-refractivity contribution in [3.8, 4) is 11.5 Å². The van der Waals surface area contributed by atoms with Gasteiger partial charge in [-0.1, -0.05) is 12.6 Å². The van der Waals surface area contributed by atoms with Gasteiger partial charge in [0.1, 0.15) is 0 Å². The zero-order valence-corrected chi connectivity index (χ0v) is 11.5. The lowest BCUT2D eigenvalue weighted by molar-refractivity contribution is -0.143. The third-order valence-electron chi connectivity index (χ3n) is 2.98. The lowest BCUT2D eigenvalue weighted by Gasteiger charge is -2.13. The van der Waals surface area contributed by atoms with E-state index in [-0.39, 0.29) is 30.1 Å². The number of phenolic OH excluding ortho intramolecular Hbond substituents is 1. The maximum absolute atomic E-state index is 11.6. The summed E-state index contributed by atoms with van der Waals surface area (Å²) in [4.78, 5) is 22.8. The molecule has 5 heteroatoms. The Balaban J connectivity index is 2.88. The zero-order chi connectivity index (χ0) is 15.3. The molecule has 0 fully saturated rings. The minimum Gasteiger partial charge on any atom is -0.504 e. The van der Waals surface area contributed by atoms with Crippen LogP contribution in [0.3, 0.4) is 0 Å². The molecule has 2 N–H and O–H groups in total. The predicted octanol–water partition coefficient (Wildman–Crippen LogP) is 2.18. The molecule has 1 rings (SSSR count). The number of ketones is 1. The Labute approximate surface area is 117 Å². The molecule has 0 aromatic heterocycles. The van der Waals surface area contributed by atoms with Gasteiger partial charge in [0.2, 0.25) is 0 Å². The normalized spacial score (nSPS) is 11.7. The van der Waals surface area contributed by atoms with Crippen LogP contribution in [-0.2, 0) is 16.0 Å². The molecular formula is C15H18O5. The van der Waals surface area contributed by atoms with E-state index in [1.165, 1.54) is 13.2 Å². The first kappa shape index (κ1) is 15.8. The van der Waals surface area contributed by atoms with Crippen LogP contribution in [-0.4, -0.2) is 29.1 Å². The van der Waals surface area contributed by atoms with Gasteiger partial charge in [-0.15, -0.1) is 0 Å². The number of rotatable bonds is 7. The Bertz CT molecular complexity index is 533. The fourth-order valence-corrected chi connectivity index (χ4v) is 1.78. The lowest BCUT2D eigenvalue weighted by Crippen LogP contribution is -2.20. The molecule has 1 atom stereocenters. The van der Waals surface area contributed by atoms with Gasteiger partial charge < -0.3 is 14.9 Å². The van der Waals surface area contributed by atoms with E-state index in [1.54, 1.807) is 19.1 Å². The van der Waals surface area contributed by atoms with E-state index in [9.17, 15) is 19.8 Å². The van der Waals surface area contributed by atoms with Crippen molar-refractivity contribution < 1.29 is 24.5 Å². The number of carboxylic acids is 1. The van der Waals surface area contributed by atoms with E-state index >= 15 is 0 Å². The molecule has 1 aromatic rings. The van der Waals surface area contributed by atoms with Gasteiger partial charge in [0.25, 0.3) is 0 Å². The second kappa shape index (κ2) is 6.75. The molecule has 1 unspecified atom stereocenters. The summed E-state index contributed by atoms with van der Waals surface area (Å²) in [5.41, 5.74) is 1.03. The van der Waals surface area contributed by atoms with E-state index in [0.717, 1.165) is 0 Å². The SMILES string of the molecule is C=C(C)C(=O)CC(Cc1ccc(O)c(OC)c1)C(=O)O. The van der Waals surface area contributed by atoms with Crippen LogP contribution in [0.1, 0.15) is 18.9 Å². The fraction of sp³-hybridized carbons (Fsp3) is 0.333. The summed E-state index contributed by atoms with van der Waals surface area (Å²) < 4.78 is 4.97. The molecule has 0 radical (unpaired) electrons. The summed E-state index contributed by atoms with van der Waals surface area (Å²) in [6, 6.07) is 4.61. The van der Waals surface area contributed by atoms with Gasteiger partial charge in [-0.05, 0) is 36.6 Å². The number of hydrogen-bond acceptors (Lipinski definition) is 4. The minimum absolute atomic E-state index is 0.0128. The van der Waals surface area contributed by atoms with Crippen molar-refractivity contribution in [2.75, 3.05) is 7.11 Å². The Hall–Kier alpha value is -2.30. The smallest absolute Gasteiger partial charge is 0.307 e. The van der Waals surface area contributed by atoms with Crippen molar-refractivity contribution in [3.05, 3.63) is 35.9 Å². The van der Waals surface area contributed by atoms with E-state index < -0.39 is 11.9 Å². The van der Waals surface area contributed by atoms with Crippen molar-refractivity contribution >= 4 is 11.8 Å². The minimum atomic E-state index is -1.04. The lowest BCUT2D eigenvalue weighted by atomic mass is 9.92. The fourth-order valence-electron chi connectivity index (χ4n) is 1.78. The number of phenols is 1. The van der Waals surface area contributed by atoms with Crippen LogP contribution in [0.2, 0.25) is 0 Å². The Morgan fingerprint density at radius 3 is 2.55 bits per heavy atom. The highest BCUT2D eigenvalue weighted by Gasteiger charge is 2.22. The first-order chi connectivity index (χ1) is 9.35. The van der Waals surface area contributed by atoms with Crippen LogP contribution in [0, 0.1) is 5.92 Å². The summed E-state index contributed by atoms with van der Waals surface area (Å²) >= 11 is 0. The van der Waals surface area contributed by atoms with Gasteiger partial charge in [0, 0.05) is 6.42 Å². The molecule has 1 aromatic carbocycles. The topological polar surface area (TPSA) is 83.8 Å². The number of aliphatic carboxylic acids is 1. The first-order valence-electron chi connectivity index (χ1n) is 6.12. The number of ether oxygens (including phenoxy) is 1. The van der Waals surface area contributed by atoms with Crippen LogP contribution in [0.5, 0.6) is 11.5 Å². The number of allylic oxidation sites excluding steroid dienone is 1. The van der Waals surface area contributed by atoms with Crippen LogP contribution in [0.4, 0.5) is 0 Å². The maximum Gasteiger partial charge on any atom is 0.307 e. The molecule has 108 valence electrons. The van der Waals surface area contributed by atoms with Crippen molar-refractivity contribution in [1.29, 1.82) is 0 Å². The molecule has 0 bridgehead atoms. The molecule has 0 aliphatic rings. The molecule has 0 amide bonds. The Kier molecular flexibility index (Phi) is 5.32. The molecule has 0 aliphatic carbocycles. The predicted molar refractivity (Wildman–Crippen MR) is 73.9 cm³/mol. The number of Topliss-reactive ketones (excluding diaryl/α,β-unsaturated/α-hetero) is 1. The third kappa shape index (κ3) is 4.12. The average Bonchev–Trinajstić information content (AvgIpc) is 2.39. The largest absolute Gasteiger partial charge is 0.504 e. The van der Waals surface area contributed by atoms with Crippen molar-refractivity contribution in [1.82, 2.24) is 0 Å². The van der Waals surface area contributed by atoms with E-state index in [2.05, 4.69) is 6.58 Å². The Morgan fingerprint density at radius 2 is 2.05 bits per heavy atom. The van der Waals surface area contributed by atoms with E-state index in [4.69, 9.17) is 4.74 Å². The molecule has 5 nitrogen and oxygen atoms in total. The number of benzene rings is 1. The first-order valence-corrected chi connectivity index (χ1v) is 6.12. The molecule has 0 spiro atoms. The number of methoxy groups -OCH3 is 1. The maximum atomic E-state index is 11.6. The summed E-state index contributed by atoms with van der Waals surface area (Å²) in [6.07, 6.45) is 0.0961. The van der Waals surface area contributed by atoms with Gasteiger partial charge >= 0.3 is 5.97 Å². The number of hydrogen-bond donors (Lipinski definition) is 2. The summed E-state index contributed by atoms with van der Waals surface area (Å²) in [6.45, 7) is 5.08. The summed E-state index contributed by atoms with van der Waals surface area (Å²) in [7, 11) is 1.41. The quantitative estimate of drug-likeness (QED) is 0.747. The summed E-state index contributed by atoms with van der Waals surface area (Å²) in [5, 5.41) is 18.7. The van der Waals surface area contributed by atoms with Crippen LogP contribution >= 0.6 is 0 Å². The second-order valence-electron chi connectivity index (χ2n) is 4.65. The standard InChI is InChI=1S/C15H18O5/c1-9(2)13(17)8-11(15(18)19)6-10-4-5-12(16)14(7-10)20-3/h4-5,7,11,16H,1,6,8H2,2-3H3,(H,18,19). The van der Waals surface area contributed by atoms with Gasteiger partial charge in [-0.25, -0.2) is 0 Å². The highest BCUT2D eigenvalue weighted by atomic mass is 16.5. The van der Waals surface area contributed by atoms with E-state index in [1.807, 2.05) is 0 Å². The van der Waals surface area contributed by atoms with Crippen molar-refractivity contribution in [2.24, 2.45) is 5.92 Å². The molecule has 0 aliphatic heterocycles. The molecule has 20 heavy (non-hydrogen) atoms. The van der Waals surface area contributed by atoms with Gasteiger partial charge in [0.05, 0.1) is 13.0 Å². The van der Waals surface area contributed by atoms with Crippen molar-refractivity contribution in [2.45, 2.75) is 19.8 Å². The molecular weight excluding hydrogens is 260 g/mol. The highest BCUT2D eigenvalue weighted by Crippen LogP contribution is 2.28. The van der Waals surface area contributed by atoms with Crippen molar-refractivity contribution in [3.63, 3.8) is 0 Å². The number of carbonyl (C=O) groups is 2.